The van der Waals surface area contributed by atoms with E-state index >= 15 is 0 Å². The number of sulfonamides is 1. The van der Waals surface area contributed by atoms with Crippen LogP contribution in [0.15, 0.2) is 47.7 Å². The van der Waals surface area contributed by atoms with Crippen molar-refractivity contribution in [2.75, 3.05) is 24.0 Å². The number of carbonyl (C=O) groups excluding carboxylic acids is 1. The number of anilines is 1. The molecule has 130 valence electrons. The third kappa shape index (κ3) is 1.81. The van der Waals surface area contributed by atoms with Gasteiger partial charge in [0.15, 0.2) is 0 Å². The Bertz CT molecular complexity index is 965. The molecule has 5 rings (SSSR count). The van der Waals surface area contributed by atoms with Gasteiger partial charge in [-0.15, -0.1) is 0 Å². The summed E-state index contributed by atoms with van der Waals surface area (Å²) in [6, 6.07) is 6.94. The van der Waals surface area contributed by atoms with E-state index in [1.807, 2.05) is 6.08 Å². The summed E-state index contributed by atoms with van der Waals surface area (Å²) in [4.78, 5) is 13.3. The Hall–Kier alpha value is -2.16. The summed E-state index contributed by atoms with van der Waals surface area (Å²) in [6.07, 6.45) is 4.13. The maximum absolute atomic E-state index is 13.3. The predicted molar refractivity (Wildman–Crippen MR) is 87.2 cm³/mol. The topological polar surface area (TPSA) is 82.1 Å². The molecule has 1 spiro atoms. The minimum atomic E-state index is -3.76. The maximum atomic E-state index is 13.3. The van der Waals surface area contributed by atoms with Gasteiger partial charge in [-0.25, -0.2) is 12.7 Å². The molecule has 0 aromatic heterocycles. The molecule has 1 aromatic carbocycles. The number of para-hydroxylation sites is 1. The molecule has 1 aliphatic carbocycles. The van der Waals surface area contributed by atoms with Crippen LogP contribution in [0.2, 0.25) is 0 Å². The normalized spacial score (nSPS) is 32.8. The molecule has 3 aliphatic heterocycles. The molecule has 0 saturated carbocycles. The number of allylic oxidation sites excluding steroid dienone is 1. The summed E-state index contributed by atoms with van der Waals surface area (Å²) in [6.45, 7) is 0.238. The van der Waals surface area contributed by atoms with E-state index in [1.54, 1.807) is 30.3 Å². The van der Waals surface area contributed by atoms with Gasteiger partial charge in [0.2, 0.25) is 10.0 Å². The summed E-state index contributed by atoms with van der Waals surface area (Å²) in [5.41, 5.74) is 0.509. The number of amides is 1. The highest BCUT2D eigenvalue weighted by molar-refractivity contribution is 7.92. The monoisotopic (exact) mass is 361 g/mol. The second kappa shape index (κ2) is 4.72. The average Bonchev–Trinajstić information content (AvgIpc) is 3.22. The number of benzene rings is 1. The molecule has 3 atom stereocenters. The molecule has 3 heterocycles. The Morgan fingerprint density at radius 1 is 1.16 bits per heavy atom. The van der Waals surface area contributed by atoms with E-state index in [4.69, 9.17) is 14.2 Å². The molecule has 4 aliphatic rings. The van der Waals surface area contributed by atoms with E-state index in [2.05, 4.69) is 0 Å². The summed E-state index contributed by atoms with van der Waals surface area (Å²) < 4.78 is 42.3. The molecule has 1 amide bonds. The van der Waals surface area contributed by atoms with Crippen molar-refractivity contribution in [2.45, 2.75) is 17.6 Å². The van der Waals surface area contributed by atoms with Crippen molar-refractivity contribution in [3.05, 3.63) is 53.3 Å². The smallest absolute Gasteiger partial charge is 0.259 e. The van der Waals surface area contributed by atoms with Crippen molar-refractivity contribution in [3.63, 3.8) is 0 Å². The summed E-state index contributed by atoms with van der Waals surface area (Å²) >= 11 is 0. The lowest BCUT2D eigenvalue weighted by Crippen LogP contribution is -2.44. The Kier molecular flexibility index (Phi) is 2.85. The van der Waals surface area contributed by atoms with Gasteiger partial charge in [0.25, 0.3) is 5.91 Å². The molecule has 2 fully saturated rings. The standard InChI is InChI=1S/C17H15NO6S/c1-25(20,21)18-12-5-3-2-4-10(12)17(16(18)19)8-22-13-7-15-14(6-11(13)17)23-9-24-15/h2-7,14-15H,8-9H2,1H3. The lowest BCUT2D eigenvalue weighted by Gasteiger charge is -2.25. The van der Waals surface area contributed by atoms with E-state index < -0.39 is 21.3 Å². The SMILES string of the molecule is CS(=O)(=O)N1C(=O)C2(COC3=CC4OCOC4C=C32)c2ccccc21. The Morgan fingerprint density at radius 3 is 2.64 bits per heavy atom. The number of nitrogens with zero attached hydrogens (tertiary/aromatic N) is 1. The van der Waals surface area contributed by atoms with Gasteiger partial charge >= 0.3 is 0 Å². The van der Waals surface area contributed by atoms with E-state index in [9.17, 15) is 13.2 Å². The lowest BCUT2D eigenvalue weighted by molar-refractivity contribution is -0.121. The number of ether oxygens (including phenoxy) is 3. The predicted octanol–water partition coefficient (Wildman–Crippen LogP) is 0.826. The van der Waals surface area contributed by atoms with Gasteiger partial charge in [0, 0.05) is 11.1 Å². The molecule has 0 bridgehead atoms. The first kappa shape index (κ1) is 15.1. The van der Waals surface area contributed by atoms with Crippen LogP contribution in [0.25, 0.3) is 0 Å². The summed E-state index contributed by atoms with van der Waals surface area (Å²) in [7, 11) is -3.76. The van der Waals surface area contributed by atoms with Gasteiger partial charge in [-0.3, -0.25) is 4.79 Å². The lowest BCUT2D eigenvalue weighted by atomic mass is 9.74. The van der Waals surface area contributed by atoms with Crippen LogP contribution in [-0.2, 0) is 34.4 Å². The molecule has 1 aromatic rings. The molecule has 8 heteroatoms. The third-order valence-corrected chi connectivity index (χ3v) is 6.15. The fraction of sp³-hybridized carbons (Fsp3) is 0.353. The molecule has 2 saturated heterocycles. The fourth-order valence-electron chi connectivity index (χ4n) is 4.04. The van der Waals surface area contributed by atoms with Crippen LogP contribution < -0.4 is 4.31 Å². The number of rotatable bonds is 1. The van der Waals surface area contributed by atoms with E-state index in [0.717, 1.165) is 10.6 Å². The molecular weight excluding hydrogens is 346 g/mol. The van der Waals surface area contributed by atoms with Crippen LogP contribution in [-0.4, -0.2) is 46.2 Å². The molecular formula is C17H15NO6S. The van der Waals surface area contributed by atoms with Crippen LogP contribution in [0, 0.1) is 0 Å². The second-order valence-corrected chi connectivity index (χ2v) is 8.37. The molecule has 0 N–H and O–H groups in total. The second-order valence-electron chi connectivity index (χ2n) is 6.54. The quantitative estimate of drug-likeness (QED) is 0.737. The van der Waals surface area contributed by atoms with E-state index in [0.29, 0.717) is 22.6 Å². The maximum Gasteiger partial charge on any atom is 0.259 e. The van der Waals surface area contributed by atoms with Crippen LogP contribution in [0.3, 0.4) is 0 Å². The third-order valence-electron chi connectivity index (χ3n) is 5.12. The van der Waals surface area contributed by atoms with Crippen LogP contribution in [0.1, 0.15) is 5.56 Å². The zero-order chi connectivity index (χ0) is 17.4. The minimum absolute atomic E-state index is 0.0615. The highest BCUT2D eigenvalue weighted by Crippen LogP contribution is 2.54. The van der Waals surface area contributed by atoms with E-state index in [1.165, 1.54) is 0 Å². The Morgan fingerprint density at radius 2 is 1.88 bits per heavy atom. The first-order chi connectivity index (χ1) is 11.9. The summed E-state index contributed by atoms with van der Waals surface area (Å²) in [5.74, 6) is 0.0495. The van der Waals surface area contributed by atoms with Crippen molar-refractivity contribution in [1.82, 2.24) is 0 Å². The van der Waals surface area contributed by atoms with Gasteiger partial charge in [-0.05, 0) is 18.2 Å². The zero-order valence-electron chi connectivity index (χ0n) is 13.3. The van der Waals surface area contributed by atoms with Crippen LogP contribution >= 0.6 is 0 Å². The largest absolute Gasteiger partial charge is 0.492 e. The van der Waals surface area contributed by atoms with Crippen LogP contribution in [0.5, 0.6) is 0 Å². The average molecular weight is 361 g/mol. The van der Waals surface area contributed by atoms with Crippen molar-refractivity contribution in [2.24, 2.45) is 0 Å². The number of hydrogen-bond donors (Lipinski definition) is 0. The number of carbonyl (C=O) groups is 1. The van der Waals surface area contributed by atoms with Gasteiger partial charge < -0.3 is 14.2 Å². The van der Waals surface area contributed by atoms with Crippen molar-refractivity contribution < 1.29 is 27.4 Å². The summed E-state index contributed by atoms with van der Waals surface area (Å²) in [5, 5.41) is 0. The van der Waals surface area contributed by atoms with Gasteiger partial charge in [-0.2, -0.15) is 0 Å². The molecule has 7 nitrogen and oxygen atoms in total. The van der Waals surface area contributed by atoms with Gasteiger partial charge in [0.05, 0.1) is 11.9 Å². The van der Waals surface area contributed by atoms with Crippen molar-refractivity contribution >= 4 is 21.6 Å². The first-order valence-electron chi connectivity index (χ1n) is 7.88. The number of hydrogen-bond acceptors (Lipinski definition) is 6. The number of fused-ring (bicyclic) bond motifs is 5. The van der Waals surface area contributed by atoms with Gasteiger partial charge in [0.1, 0.15) is 36.8 Å². The Labute approximate surface area is 144 Å². The van der Waals surface area contributed by atoms with Crippen molar-refractivity contribution in [3.8, 4) is 0 Å². The van der Waals surface area contributed by atoms with Crippen LogP contribution in [0.4, 0.5) is 5.69 Å². The highest BCUT2D eigenvalue weighted by Gasteiger charge is 2.61. The Balaban J connectivity index is 1.75. The van der Waals surface area contributed by atoms with Crippen molar-refractivity contribution in [1.29, 1.82) is 0 Å². The van der Waals surface area contributed by atoms with Gasteiger partial charge in [-0.1, -0.05) is 18.2 Å². The highest BCUT2D eigenvalue weighted by atomic mass is 32.2. The van der Waals surface area contributed by atoms with E-state index in [-0.39, 0.29) is 25.6 Å². The minimum Gasteiger partial charge on any atom is -0.492 e. The first-order valence-corrected chi connectivity index (χ1v) is 9.72. The molecule has 3 unspecified atom stereocenters. The molecule has 0 radical (unpaired) electrons. The fourth-order valence-corrected chi connectivity index (χ4v) is 5.01. The zero-order valence-corrected chi connectivity index (χ0v) is 14.2. The molecule has 25 heavy (non-hydrogen) atoms.